The predicted octanol–water partition coefficient (Wildman–Crippen LogP) is 3.69. The number of nitrogens with one attached hydrogen (secondary N) is 2. The molecule has 0 saturated heterocycles. The molecular weight excluding hydrogens is 375 g/mol. The van der Waals surface area contributed by atoms with Gasteiger partial charge in [-0.3, -0.25) is 9.59 Å². The first kappa shape index (κ1) is 18.5. The number of benzene rings is 1. The number of hydrogen-bond acceptors (Lipinski definition) is 3. The molecule has 2 amide bonds. The Kier molecular flexibility index (Phi) is 5.64. The molecule has 136 valence electrons. The molecule has 8 heteroatoms. The summed E-state index contributed by atoms with van der Waals surface area (Å²) in [5, 5.41) is 6.23. The van der Waals surface area contributed by atoms with Crippen LogP contribution in [0.25, 0.3) is 0 Å². The number of carbonyl (C=O) groups is 2. The molecule has 3 rings (SSSR count). The summed E-state index contributed by atoms with van der Waals surface area (Å²) in [5.41, 5.74) is 1.55. The van der Waals surface area contributed by atoms with Crippen LogP contribution in [0.5, 0.6) is 0 Å². The van der Waals surface area contributed by atoms with Crippen LogP contribution in [0.4, 0.5) is 5.69 Å². The lowest BCUT2D eigenvalue weighted by Gasteiger charge is -2.17. The van der Waals surface area contributed by atoms with Gasteiger partial charge >= 0.3 is 0 Å². The van der Waals surface area contributed by atoms with Crippen molar-refractivity contribution in [3.63, 3.8) is 0 Å². The summed E-state index contributed by atoms with van der Waals surface area (Å²) in [4.78, 5) is 29.4. The van der Waals surface area contributed by atoms with Crippen molar-refractivity contribution in [2.45, 2.75) is 25.8 Å². The quantitative estimate of drug-likeness (QED) is 0.761. The molecule has 2 aromatic rings. The molecule has 0 bridgehead atoms. The summed E-state index contributed by atoms with van der Waals surface area (Å²) in [6, 6.07) is 4.84. The topological polar surface area (TPSA) is 76.0 Å². The maximum absolute atomic E-state index is 12.7. The second kappa shape index (κ2) is 7.93. The Morgan fingerprint density at radius 1 is 1.23 bits per heavy atom. The average Bonchev–Trinajstić information content (AvgIpc) is 3.03. The zero-order chi connectivity index (χ0) is 18.7. The van der Waals surface area contributed by atoms with Crippen molar-refractivity contribution in [2.24, 2.45) is 0 Å². The third-order valence-electron chi connectivity index (χ3n) is 4.12. The van der Waals surface area contributed by atoms with Gasteiger partial charge in [-0.2, -0.15) is 0 Å². The van der Waals surface area contributed by atoms with Gasteiger partial charge in [-0.25, -0.2) is 4.98 Å². The van der Waals surface area contributed by atoms with Gasteiger partial charge in [-0.15, -0.1) is 6.58 Å². The number of hydrogen-bond donors (Lipinski definition) is 2. The Balaban J connectivity index is 1.89. The van der Waals surface area contributed by atoms with E-state index in [0.29, 0.717) is 35.2 Å². The molecule has 0 fully saturated rings. The Labute approximate surface area is 161 Å². The van der Waals surface area contributed by atoms with Crippen LogP contribution in [0.3, 0.4) is 0 Å². The summed E-state index contributed by atoms with van der Waals surface area (Å²) in [6.45, 7) is 4.59. The minimum absolute atomic E-state index is 0.251. The van der Waals surface area contributed by atoms with Gasteiger partial charge in [-0.05, 0) is 37.5 Å². The van der Waals surface area contributed by atoms with E-state index in [9.17, 15) is 9.59 Å². The first-order valence-electron chi connectivity index (χ1n) is 8.26. The maximum atomic E-state index is 12.7. The number of rotatable bonds is 5. The fraction of sp³-hybridized carbons (Fsp3) is 0.278. The Bertz CT molecular complexity index is 876. The van der Waals surface area contributed by atoms with E-state index in [1.54, 1.807) is 24.3 Å². The number of nitrogens with zero attached hydrogens (tertiary/aromatic N) is 2. The summed E-state index contributed by atoms with van der Waals surface area (Å²) < 4.78 is 1.83. The lowest BCUT2D eigenvalue weighted by molar-refractivity contribution is 0.0942. The van der Waals surface area contributed by atoms with E-state index in [-0.39, 0.29) is 23.3 Å². The summed E-state index contributed by atoms with van der Waals surface area (Å²) in [5.74, 6) is -0.445. The van der Waals surface area contributed by atoms with E-state index < -0.39 is 0 Å². The molecule has 1 aromatic carbocycles. The Morgan fingerprint density at radius 3 is 2.77 bits per heavy atom. The second-order valence-electron chi connectivity index (χ2n) is 5.92. The van der Waals surface area contributed by atoms with Gasteiger partial charge in [0, 0.05) is 18.8 Å². The van der Waals surface area contributed by atoms with E-state index in [2.05, 4.69) is 22.2 Å². The third kappa shape index (κ3) is 3.76. The summed E-state index contributed by atoms with van der Waals surface area (Å²) >= 11 is 11.9. The van der Waals surface area contributed by atoms with Crippen molar-refractivity contribution in [1.82, 2.24) is 14.9 Å². The number of aromatic nitrogens is 2. The highest BCUT2D eigenvalue weighted by Crippen LogP contribution is 2.26. The number of imidazole rings is 1. The molecule has 26 heavy (non-hydrogen) atoms. The molecule has 2 heterocycles. The number of amides is 2. The standard InChI is InChI=1S/C18H18Cl2N4O2/c1-2-8-21-18(26)16-23-15(14-5-3-4-9-24(14)16)17(25)22-11-6-7-12(19)13(20)10-11/h2,6-7,10H,1,3-5,8-9H2,(H,21,26)(H,22,25). The van der Waals surface area contributed by atoms with E-state index in [0.717, 1.165) is 18.5 Å². The van der Waals surface area contributed by atoms with Gasteiger partial charge in [0.2, 0.25) is 0 Å². The normalized spacial score (nSPS) is 13.0. The van der Waals surface area contributed by atoms with Gasteiger partial charge in [-0.1, -0.05) is 29.3 Å². The van der Waals surface area contributed by atoms with Crippen LogP contribution in [0.1, 0.15) is 39.6 Å². The number of fused-ring (bicyclic) bond motifs is 1. The predicted molar refractivity (Wildman–Crippen MR) is 102 cm³/mol. The average molecular weight is 393 g/mol. The van der Waals surface area contributed by atoms with Crippen LogP contribution >= 0.6 is 23.2 Å². The Morgan fingerprint density at radius 2 is 2.04 bits per heavy atom. The van der Waals surface area contributed by atoms with Crippen molar-refractivity contribution in [2.75, 3.05) is 11.9 Å². The van der Waals surface area contributed by atoms with Crippen molar-refractivity contribution in [1.29, 1.82) is 0 Å². The van der Waals surface area contributed by atoms with E-state index in [1.165, 1.54) is 0 Å². The molecule has 0 radical (unpaired) electrons. The van der Waals surface area contributed by atoms with Gasteiger partial charge in [0.05, 0.1) is 15.7 Å². The van der Waals surface area contributed by atoms with Crippen LogP contribution in [0.2, 0.25) is 10.0 Å². The largest absolute Gasteiger partial charge is 0.346 e. The summed E-state index contributed by atoms with van der Waals surface area (Å²) in [6.07, 6.45) is 4.19. The molecule has 1 aromatic heterocycles. The molecule has 1 aliphatic rings. The van der Waals surface area contributed by atoms with Gasteiger partial charge < -0.3 is 15.2 Å². The molecule has 0 saturated carbocycles. The van der Waals surface area contributed by atoms with Crippen molar-refractivity contribution in [3.05, 3.63) is 58.1 Å². The fourth-order valence-electron chi connectivity index (χ4n) is 2.91. The van der Waals surface area contributed by atoms with E-state index >= 15 is 0 Å². The van der Waals surface area contributed by atoms with Gasteiger partial charge in [0.25, 0.3) is 11.8 Å². The lowest BCUT2D eigenvalue weighted by atomic mass is 10.1. The fourth-order valence-corrected chi connectivity index (χ4v) is 3.20. The number of halogens is 2. The van der Waals surface area contributed by atoms with Crippen molar-refractivity contribution < 1.29 is 9.59 Å². The first-order valence-corrected chi connectivity index (χ1v) is 9.01. The number of anilines is 1. The van der Waals surface area contributed by atoms with Crippen LogP contribution < -0.4 is 10.6 Å². The molecular formula is C18H18Cl2N4O2. The highest BCUT2D eigenvalue weighted by Gasteiger charge is 2.27. The minimum atomic E-state index is -0.378. The second-order valence-corrected chi connectivity index (χ2v) is 6.74. The molecule has 0 aliphatic carbocycles. The number of carbonyl (C=O) groups excluding carboxylic acids is 2. The van der Waals surface area contributed by atoms with Crippen LogP contribution in [-0.4, -0.2) is 27.9 Å². The lowest BCUT2D eigenvalue weighted by Crippen LogP contribution is -2.28. The first-order chi connectivity index (χ1) is 12.5. The van der Waals surface area contributed by atoms with E-state index in [1.807, 2.05) is 4.57 Å². The smallest absolute Gasteiger partial charge is 0.287 e. The van der Waals surface area contributed by atoms with Crippen LogP contribution in [0, 0.1) is 0 Å². The molecule has 6 nitrogen and oxygen atoms in total. The third-order valence-corrected chi connectivity index (χ3v) is 4.86. The molecule has 0 spiro atoms. The van der Waals surface area contributed by atoms with Crippen molar-refractivity contribution >= 4 is 40.7 Å². The molecule has 2 N–H and O–H groups in total. The molecule has 0 atom stereocenters. The van der Waals surface area contributed by atoms with Crippen LogP contribution in [0.15, 0.2) is 30.9 Å². The maximum Gasteiger partial charge on any atom is 0.287 e. The zero-order valence-corrected chi connectivity index (χ0v) is 15.5. The highest BCUT2D eigenvalue weighted by atomic mass is 35.5. The van der Waals surface area contributed by atoms with Gasteiger partial charge in [0.1, 0.15) is 0 Å². The Hall–Kier alpha value is -2.31. The van der Waals surface area contributed by atoms with Gasteiger partial charge in [0.15, 0.2) is 11.5 Å². The van der Waals surface area contributed by atoms with Crippen LogP contribution in [-0.2, 0) is 13.0 Å². The van der Waals surface area contributed by atoms with Crippen molar-refractivity contribution in [3.8, 4) is 0 Å². The SMILES string of the molecule is C=CCNC(=O)c1nc(C(=O)Nc2ccc(Cl)c(Cl)c2)c2n1CCCC2. The zero-order valence-electron chi connectivity index (χ0n) is 14.0. The highest BCUT2D eigenvalue weighted by molar-refractivity contribution is 6.42. The summed E-state index contributed by atoms with van der Waals surface area (Å²) in [7, 11) is 0. The van der Waals surface area contributed by atoms with E-state index in [4.69, 9.17) is 23.2 Å². The monoisotopic (exact) mass is 392 g/mol. The minimum Gasteiger partial charge on any atom is -0.346 e. The molecule has 1 aliphatic heterocycles. The molecule has 0 unspecified atom stereocenters.